The van der Waals surface area contributed by atoms with Crippen molar-refractivity contribution in [3.8, 4) is 0 Å². The molecule has 5 nitrogen and oxygen atoms in total. The molecule has 2 N–H and O–H groups in total. The maximum atomic E-state index is 13.5. The lowest BCUT2D eigenvalue weighted by Crippen LogP contribution is -2.32. The van der Waals surface area contributed by atoms with Gasteiger partial charge in [0, 0.05) is 18.4 Å². The van der Waals surface area contributed by atoms with E-state index < -0.39 is 0 Å². The van der Waals surface area contributed by atoms with Crippen LogP contribution in [0.15, 0.2) is 36.7 Å². The monoisotopic (exact) mass is 300 g/mol. The Morgan fingerprint density at radius 2 is 1.82 bits per heavy atom. The quantitative estimate of drug-likeness (QED) is 0.911. The summed E-state index contributed by atoms with van der Waals surface area (Å²) in [7, 11) is 0. The van der Waals surface area contributed by atoms with Crippen LogP contribution in [0.1, 0.15) is 36.0 Å². The van der Waals surface area contributed by atoms with Crippen molar-refractivity contribution in [1.82, 2.24) is 15.3 Å². The second-order valence-corrected chi connectivity index (χ2v) is 5.36. The number of aromatic nitrogens is 2. The maximum absolute atomic E-state index is 13.5. The average Bonchev–Trinajstić information content (AvgIpc) is 3.03. The summed E-state index contributed by atoms with van der Waals surface area (Å²) < 4.78 is 13.5. The van der Waals surface area contributed by atoms with E-state index in [-0.39, 0.29) is 23.7 Å². The van der Waals surface area contributed by atoms with Gasteiger partial charge in [-0.15, -0.1) is 0 Å². The minimum atomic E-state index is -0.380. The number of nitrogens with one attached hydrogen (secondary N) is 2. The molecule has 0 atom stereocenters. The van der Waals surface area contributed by atoms with E-state index in [0.717, 1.165) is 25.7 Å². The molecular weight excluding hydrogens is 283 g/mol. The zero-order chi connectivity index (χ0) is 15.4. The zero-order valence-corrected chi connectivity index (χ0v) is 12.1. The van der Waals surface area contributed by atoms with E-state index in [1.165, 1.54) is 18.5 Å². The number of anilines is 2. The van der Waals surface area contributed by atoms with Crippen LogP contribution < -0.4 is 10.6 Å². The van der Waals surface area contributed by atoms with E-state index in [9.17, 15) is 9.18 Å². The van der Waals surface area contributed by atoms with Crippen LogP contribution in [0.5, 0.6) is 0 Å². The smallest absolute Gasteiger partial charge is 0.254 e. The molecule has 0 spiro atoms. The Hall–Kier alpha value is -2.50. The number of carbonyl (C=O) groups is 1. The minimum Gasteiger partial charge on any atom is -0.349 e. The van der Waals surface area contributed by atoms with Crippen LogP contribution in [0.2, 0.25) is 0 Å². The predicted octanol–water partition coefficient (Wildman–Crippen LogP) is 3.03. The first-order chi connectivity index (χ1) is 10.7. The molecule has 0 radical (unpaired) electrons. The van der Waals surface area contributed by atoms with Gasteiger partial charge in [0.15, 0.2) is 0 Å². The number of benzene rings is 1. The van der Waals surface area contributed by atoms with Crippen molar-refractivity contribution < 1.29 is 9.18 Å². The topological polar surface area (TPSA) is 66.9 Å². The fraction of sp³-hybridized carbons (Fsp3) is 0.312. The molecule has 22 heavy (non-hydrogen) atoms. The van der Waals surface area contributed by atoms with Crippen LogP contribution in [0, 0.1) is 5.82 Å². The van der Waals surface area contributed by atoms with Gasteiger partial charge in [0.1, 0.15) is 5.82 Å². The summed E-state index contributed by atoms with van der Waals surface area (Å²) in [6.07, 6.45) is 7.26. The second-order valence-electron chi connectivity index (χ2n) is 5.36. The van der Waals surface area contributed by atoms with Gasteiger partial charge in [0.25, 0.3) is 5.91 Å². The lowest BCUT2D eigenvalue weighted by molar-refractivity contribution is 0.0937. The van der Waals surface area contributed by atoms with E-state index >= 15 is 0 Å². The third kappa shape index (κ3) is 3.39. The van der Waals surface area contributed by atoms with Crippen molar-refractivity contribution >= 4 is 17.5 Å². The van der Waals surface area contributed by atoms with Crippen molar-refractivity contribution in [3.05, 3.63) is 48.0 Å². The molecular formula is C16H17FN4O. The Labute approximate surface area is 128 Å². The zero-order valence-electron chi connectivity index (χ0n) is 12.1. The third-order valence-electron chi connectivity index (χ3n) is 3.72. The molecule has 1 aromatic heterocycles. The summed E-state index contributed by atoms with van der Waals surface area (Å²) in [6, 6.07) is 6.53. The highest BCUT2D eigenvalue weighted by atomic mass is 19.1. The van der Waals surface area contributed by atoms with Crippen molar-refractivity contribution in [2.24, 2.45) is 0 Å². The molecule has 1 aliphatic carbocycles. The third-order valence-corrected chi connectivity index (χ3v) is 3.72. The van der Waals surface area contributed by atoms with Crippen molar-refractivity contribution in [3.63, 3.8) is 0 Å². The molecule has 114 valence electrons. The number of hydrogen-bond donors (Lipinski definition) is 2. The Morgan fingerprint density at radius 1 is 1.14 bits per heavy atom. The molecule has 0 saturated heterocycles. The molecule has 0 unspecified atom stereocenters. The number of nitrogens with zero attached hydrogens (tertiary/aromatic N) is 2. The van der Waals surface area contributed by atoms with Crippen molar-refractivity contribution in [2.75, 3.05) is 5.32 Å². The lowest BCUT2D eigenvalue weighted by Gasteiger charge is -2.11. The molecule has 2 aromatic rings. The maximum Gasteiger partial charge on any atom is 0.254 e. The van der Waals surface area contributed by atoms with E-state index in [1.54, 1.807) is 18.2 Å². The molecule has 0 aliphatic heterocycles. The van der Waals surface area contributed by atoms with Gasteiger partial charge in [-0.3, -0.25) is 4.79 Å². The number of carbonyl (C=O) groups excluding carboxylic acids is 1. The summed E-state index contributed by atoms with van der Waals surface area (Å²) in [5.41, 5.74) is 0.705. The molecule has 3 rings (SSSR count). The summed E-state index contributed by atoms with van der Waals surface area (Å²) in [6.45, 7) is 0. The molecule has 1 amide bonds. The predicted molar refractivity (Wildman–Crippen MR) is 81.4 cm³/mol. The van der Waals surface area contributed by atoms with Gasteiger partial charge in [-0.2, -0.15) is 0 Å². The van der Waals surface area contributed by atoms with Gasteiger partial charge in [0.2, 0.25) is 5.95 Å². The number of hydrogen-bond acceptors (Lipinski definition) is 4. The van der Waals surface area contributed by atoms with E-state index in [0.29, 0.717) is 11.3 Å². The van der Waals surface area contributed by atoms with Crippen LogP contribution in [0.4, 0.5) is 16.0 Å². The largest absolute Gasteiger partial charge is 0.349 e. The number of halogens is 1. The standard InChI is InChI=1S/C16H17FN4O/c17-13-7-3-4-8-14(13)21-16-18-9-11(10-19-16)15(22)20-12-5-1-2-6-12/h3-4,7-10,12H,1-2,5-6H2,(H,20,22)(H,18,19,21). The van der Waals surface area contributed by atoms with Crippen LogP contribution >= 0.6 is 0 Å². The molecule has 1 fully saturated rings. The molecule has 0 bridgehead atoms. The summed E-state index contributed by atoms with van der Waals surface area (Å²) >= 11 is 0. The SMILES string of the molecule is O=C(NC1CCCC1)c1cnc(Nc2ccccc2F)nc1. The van der Waals surface area contributed by atoms with Gasteiger partial charge >= 0.3 is 0 Å². The lowest BCUT2D eigenvalue weighted by atomic mass is 10.2. The minimum absolute atomic E-state index is 0.163. The Kier molecular flexibility index (Phi) is 4.27. The highest BCUT2D eigenvalue weighted by Gasteiger charge is 2.18. The number of rotatable bonds is 4. The summed E-state index contributed by atoms with van der Waals surface area (Å²) in [5.74, 6) is -0.291. The molecule has 1 heterocycles. The van der Waals surface area contributed by atoms with E-state index in [2.05, 4.69) is 20.6 Å². The first-order valence-corrected chi connectivity index (χ1v) is 7.37. The van der Waals surface area contributed by atoms with Crippen molar-refractivity contribution in [2.45, 2.75) is 31.7 Å². The van der Waals surface area contributed by atoms with Crippen LogP contribution in [-0.2, 0) is 0 Å². The van der Waals surface area contributed by atoms with Crippen LogP contribution in [-0.4, -0.2) is 21.9 Å². The normalized spacial score (nSPS) is 14.8. The number of amides is 1. The fourth-order valence-corrected chi connectivity index (χ4v) is 2.53. The van der Waals surface area contributed by atoms with Gasteiger partial charge < -0.3 is 10.6 Å². The first kappa shape index (κ1) is 14.4. The Morgan fingerprint density at radius 3 is 2.50 bits per heavy atom. The van der Waals surface area contributed by atoms with Crippen LogP contribution in [0.3, 0.4) is 0 Å². The second kappa shape index (κ2) is 6.51. The van der Waals surface area contributed by atoms with Gasteiger partial charge in [-0.05, 0) is 25.0 Å². The first-order valence-electron chi connectivity index (χ1n) is 7.37. The van der Waals surface area contributed by atoms with Gasteiger partial charge in [-0.1, -0.05) is 25.0 Å². The summed E-state index contributed by atoms with van der Waals surface area (Å²) in [4.78, 5) is 20.2. The Balaban J connectivity index is 1.64. The molecule has 6 heteroatoms. The van der Waals surface area contributed by atoms with Crippen molar-refractivity contribution in [1.29, 1.82) is 0 Å². The molecule has 1 saturated carbocycles. The van der Waals surface area contributed by atoms with Gasteiger partial charge in [0.05, 0.1) is 11.3 Å². The Bertz CT molecular complexity index is 653. The van der Waals surface area contributed by atoms with E-state index in [1.807, 2.05) is 0 Å². The van der Waals surface area contributed by atoms with E-state index in [4.69, 9.17) is 0 Å². The van der Waals surface area contributed by atoms with Gasteiger partial charge in [-0.25, -0.2) is 14.4 Å². The molecule has 1 aliphatic rings. The van der Waals surface area contributed by atoms with Crippen LogP contribution in [0.25, 0.3) is 0 Å². The fourth-order valence-electron chi connectivity index (χ4n) is 2.53. The number of para-hydroxylation sites is 1. The summed E-state index contributed by atoms with van der Waals surface area (Å²) in [5, 5.41) is 5.76. The highest BCUT2D eigenvalue weighted by molar-refractivity contribution is 5.93. The highest BCUT2D eigenvalue weighted by Crippen LogP contribution is 2.18. The molecule has 1 aromatic carbocycles. The average molecular weight is 300 g/mol.